The molecule has 8 heteroatoms. The van der Waals surface area contributed by atoms with E-state index in [1.807, 2.05) is 0 Å². The molecule has 1 heterocycles. The first-order valence-electron chi connectivity index (χ1n) is 6.23. The van der Waals surface area contributed by atoms with Crippen LogP contribution in [0.25, 0.3) is 0 Å². The van der Waals surface area contributed by atoms with Gasteiger partial charge in [-0.25, -0.2) is 4.39 Å². The number of carbonyl (C=O) groups is 3. The third kappa shape index (κ3) is 3.76. The quantitative estimate of drug-likeness (QED) is 0.607. The first-order valence-corrected chi connectivity index (χ1v) is 6.23. The van der Waals surface area contributed by atoms with E-state index in [1.165, 1.54) is 12.1 Å². The number of nitrogen functional groups attached to an aromatic ring is 1. The Kier molecular flexibility index (Phi) is 4.49. The van der Waals surface area contributed by atoms with Gasteiger partial charge in [-0.2, -0.15) is 0 Å². The van der Waals surface area contributed by atoms with Gasteiger partial charge in [0, 0.05) is 18.7 Å². The Morgan fingerprint density at radius 1 is 1.33 bits per heavy atom. The second-order valence-electron chi connectivity index (χ2n) is 4.47. The maximum absolute atomic E-state index is 13.0. The van der Waals surface area contributed by atoms with Crippen LogP contribution >= 0.6 is 0 Å². The van der Waals surface area contributed by atoms with Crippen molar-refractivity contribution in [2.45, 2.75) is 6.42 Å². The average molecular weight is 295 g/mol. The van der Waals surface area contributed by atoms with E-state index in [4.69, 9.17) is 10.5 Å². The number of nitrogens with two attached hydrogens (primary N) is 1. The number of ether oxygens (including phenoxy) is 1. The molecule has 1 aliphatic heterocycles. The van der Waals surface area contributed by atoms with E-state index in [0.29, 0.717) is 5.69 Å². The molecule has 1 aliphatic rings. The highest BCUT2D eigenvalue weighted by molar-refractivity contribution is 5.99. The third-order valence-corrected chi connectivity index (χ3v) is 2.90. The first kappa shape index (κ1) is 14.9. The Balaban J connectivity index is 1.88. The van der Waals surface area contributed by atoms with Crippen molar-refractivity contribution < 1.29 is 23.5 Å². The number of benzene rings is 1. The zero-order chi connectivity index (χ0) is 15.4. The van der Waals surface area contributed by atoms with Crippen LogP contribution < -0.4 is 11.1 Å². The van der Waals surface area contributed by atoms with Gasteiger partial charge in [-0.1, -0.05) is 0 Å². The monoisotopic (exact) mass is 295 g/mol. The van der Waals surface area contributed by atoms with E-state index >= 15 is 0 Å². The van der Waals surface area contributed by atoms with Gasteiger partial charge in [-0.3, -0.25) is 19.3 Å². The molecule has 3 N–H and O–H groups in total. The molecule has 0 radical (unpaired) electrons. The summed E-state index contributed by atoms with van der Waals surface area (Å²) in [5, 5.41) is 2.51. The zero-order valence-corrected chi connectivity index (χ0v) is 11.1. The highest BCUT2D eigenvalue weighted by atomic mass is 19.1. The van der Waals surface area contributed by atoms with Crippen molar-refractivity contribution >= 4 is 29.1 Å². The van der Waals surface area contributed by atoms with Gasteiger partial charge in [0.2, 0.25) is 5.91 Å². The van der Waals surface area contributed by atoms with Crippen molar-refractivity contribution in [3.05, 3.63) is 24.0 Å². The van der Waals surface area contributed by atoms with Crippen LogP contribution in [-0.4, -0.2) is 42.4 Å². The Bertz CT molecular complexity index is 575. The van der Waals surface area contributed by atoms with Crippen LogP contribution in [0.1, 0.15) is 6.42 Å². The van der Waals surface area contributed by atoms with Gasteiger partial charge in [0.25, 0.3) is 11.8 Å². The number of morpholine rings is 1. The van der Waals surface area contributed by atoms with Crippen LogP contribution in [-0.2, 0) is 19.1 Å². The van der Waals surface area contributed by atoms with Gasteiger partial charge in [-0.05, 0) is 18.2 Å². The highest BCUT2D eigenvalue weighted by Crippen LogP contribution is 2.16. The summed E-state index contributed by atoms with van der Waals surface area (Å²) in [5.41, 5.74) is 5.65. The summed E-state index contributed by atoms with van der Waals surface area (Å²) in [6.45, 7) is -0.354. The summed E-state index contributed by atoms with van der Waals surface area (Å²) >= 11 is 0. The van der Waals surface area contributed by atoms with Gasteiger partial charge < -0.3 is 15.8 Å². The van der Waals surface area contributed by atoms with E-state index in [9.17, 15) is 18.8 Å². The molecule has 3 amide bonds. The Morgan fingerprint density at radius 3 is 2.62 bits per heavy atom. The smallest absolute Gasteiger partial charge is 0.255 e. The van der Waals surface area contributed by atoms with Crippen LogP contribution in [0, 0.1) is 5.82 Å². The van der Waals surface area contributed by atoms with Crippen LogP contribution in [0.15, 0.2) is 18.2 Å². The van der Waals surface area contributed by atoms with E-state index < -0.39 is 23.5 Å². The molecule has 2 rings (SSSR count). The van der Waals surface area contributed by atoms with Gasteiger partial charge in [0.1, 0.15) is 19.0 Å². The summed E-state index contributed by atoms with van der Waals surface area (Å²) in [6.07, 6.45) is -0.0608. The van der Waals surface area contributed by atoms with Gasteiger partial charge >= 0.3 is 0 Å². The third-order valence-electron chi connectivity index (χ3n) is 2.90. The van der Waals surface area contributed by atoms with Crippen molar-refractivity contribution in [1.29, 1.82) is 0 Å². The Morgan fingerprint density at radius 2 is 2.00 bits per heavy atom. The lowest BCUT2D eigenvalue weighted by Crippen LogP contribution is -2.47. The number of nitrogens with zero attached hydrogens (tertiary/aromatic N) is 1. The molecule has 7 nitrogen and oxygen atoms in total. The average Bonchev–Trinajstić information content (AvgIpc) is 2.42. The number of rotatable bonds is 4. The van der Waals surface area contributed by atoms with E-state index in [1.54, 1.807) is 0 Å². The van der Waals surface area contributed by atoms with E-state index in [2.05, 4.69) is 5.32 Å². The molecule has 0 saturated carbocycles. The first-order chi connectivity index (χ1) is 9.97. The fraction of sp³-hybridized carbons (Fsp3) is 0.308. The molecule has 0 bridgehead atoms. The van der Waals surface area contributed by atoms with Crippen molar-refractivity contribution in [3.8, 4) is 0 Å². The second kappa shape index (κ2) is 6.31. The molecule has 1 fully saturated rings. The summed E-state index contributed by atoms with van der Waals surface area (Å²) in [5.74, 6) is -1.92. The van der Waals surface area contributed by atoms with Crippen molar-refractivity contribution in [1.82, 2.24) is 4.90 Å². The molecule has 0 atom stereocenters. The summed E-state index contributed by atoms with van der Waals surface area (Å²) < 4.78 is 17.7. The fourth-order valence-corrected chi connectivity index (χ4v) is 1.83. The van der Waals surface area contributed by atoms with E-state index in [-0.39, 0.29) is 31.9 Å². The molecule has 1 saturated heterocycles. The number of carbonyl (C=O) groups excluding carboxylic acids is 3. The second-order valence-corrected chi connectivity index (χ2v) is 4.47. The minimum Gasteiger partial charge on any atom is -0.396 e. The summed E-state index contributed by atoms with van der Waals surface area (Å²) in [4.78, 5) is 35.6. The minimum absolute atomic E-state index is 0.0243. The number of nitrogens with one attached hydrogen (secondary N) is 1. The molecule has 1 aromatic carbocycles. The number of halogens is 1. The molecular weight excluding hydrogens is 281 g/mol. The summed E-state index contributed by atoms with van der Waals surface area (Å²) in [7, 11) is 0. The molecule has 0 aromatic heterocycles. The number of hydrogen-bond donors (Lipinski definition) is 2. The van der Waals surface area contributed by atoms with Gasteiger partial charge in [0.15, 0.2) is 0 Å². The lowest BCUT2D eigenvalue weighted by Gasteiger charge is -2.24. The van der Waals surface area contributed by atoms with Crippen molar-refractivity contribution in [3.63, 3.8) is 0 Å². The number of hydrogen-bond acceptors (Lipinski definition) is 5. The fourth-order valence-electron chi connectivity index (χ4n) is 1.83. The number of anilines is 2. The number of amides is 3. The van der Waals surface area contributed by atoms with Gasteiger partial charge in [0.05, 0.1) is 5.69 Å². The SMILES string of the molecule is Nc1cc(NC(=O)CCN2C(=O)COCC2=O)ccc1F. The predicted octanol–water partition coefficient (Wildman–Crippen LogP) is 0.122. The van der Waals surface area contributed by atoms with Crippen molar-refractivity contribution in [2.75, 3.05) is 30.8 Å². The van der Waals surface area contributed by atoms with Crippen LogP contribution in [0.4, 0.5) is 15.8 Å². The molecule has 0 unspecified atom stereocenters. The highest BCUT2D eigenvalue weighted by Gasteiger charge is 2.26. The summed E-state index contributed by atoms with van der Waals surface area (Å²) in [6, 6.07) is 3.80. The zero-order valence-electron chi connectivity index (χ0n) is 11.1. The lowest BCUT2D eigenvalue weighted by atomic mass is 10.2. The Labute approximate surface area is 119 Å². The maximum atomic E-state index is 13.0. The molecule has 1 aromatic rings. The number of imide groups is 1. The van der Waals surface area contributed by atoms with Crippen molar-refractivity contribution in [2.24, 2.45) is 0 Å². The molecule has 112 valence electrons. The molecular formula is C13H14FN3O4. The molecule has 0 spiro atoms. The standard InChI is InChI=1S/C13H14FN3O4/c14-9-2-1-8(5-10(9)15)16-11(18)3-4-17-12(19)6-21-7-13(17)20/h1-2,5H,3-4,6-7,15H2,(H,16,18). The molecule has 0 aliphatic carbocycles. The largest absolute Gasteiger partial charge is 0.396 e. The minimum atomic E-state index is -0.572. The normalized spacial score (nSPS) is 15.2. The van der Waals surface area contributed by atoms with Crippen LogP contribution in [0.2, 0.25) is 0 Å². The van der Waals surface area contributed by atoms with E-state index in [0.717, 1.165) is 11.0 Å². The van der Waals surface area contributed by atoms with Crippen LogP contribution in [0.5, 0.6) is 0 Å². The Hall–Kier alpha value is -2.48. The van der Waals surface area contributed by atoms with Gasteiger partial charge in [-0.15, -0.1) is 0 Å². The van der Waals surface area contributed by atoms with Crippen LogP contribution in [0.3, 0.4) is 0 Å². The lowest BCUT2D eigenvalue weighted by molar-refractivity contribution is -0.158. The predicted molar refractivity (Wildman–Crippen MR) is 71.6 cm³/mol. The molecule has 21 heavy (non-hydrogen) atoms. The maximum Gasteiger partial charge on any atom is 0.255 e. The topological polar surface area (TPSA) is 102 Å².